The molecule has 1 heterocycles. The summed E-state index contributed by atoms with van der Waals surface area (Å²) in [4.78, 5) is 4.30. The fourth-order valence-corrected chi connectivity index (χ4v) is 1.77. The van der Waals surface area contributed by atoms with Gasteiger partial charge in [0.2, 0.25) is 0 Å². The van der Waals surface area contributed by atoms with Crippen molar-refractivity contribution in [3.8, 4) is 0 Å². The van der Waals surface area contributed by atoms with Crippen LogP contribution < -0.4 is 0 Å². The fourth-order valence-electron chi connectivity index (χ4n) is 0.961. The lowest BCUT2D eigenvalue weighted by Gasteiger charge is -2.02. The van der Waals surface area contributed by atoms with Crippen molar-refractivity contribution in [2.24, 2.45) is 0 Å². The number of aryl methyl sites for hydroxylation is 1. The van der Waals surface area contributed by atoms with E-state index in [1.54, 1.807) is 11.8 Å². The first-order valence-corrected chi connectivity index (χ1v) is 5.04. The lowest BCUT2D eigenvalue weighted by atomic mass is 10.2. The Bertz CT molecular complexity index is 258. The van der Waals surface area contributed by atoms with Gasteiger partial charge in [-0.1, -0.05) is 19.1 Å². The molecule has 0 aliphatic carbocycles. The maximum atomic E-state index is 4.30. The van der Waals surface area contributed by atoms with E-state index >= 15 is 0 Å². The largest absolute Gasteiger partial charge is 0.250 e. The van der Waals surface area contributed by atoms with Crippen LogP contribution in [0.15, 0.2) is 36.0 Å². The van der Waals surface area contributed by atoms with Gasteiger partial charge in [-0.25, -0.2) is 4.98 Å². The Kier molecular flexibility index (Phi) is 3.88. The molecule has 1 nitrogen and oxygen atoms in total. The van der Waals surface area contributed by atoms with E-state index in [-0.39, 0.29) is 0 Å². The zero-order valence-corrected chi connectivity index (χ0v) is 8.10. The van der Waals surface area contributed by atoms with Crippen LogP contribution in [-0.4, -0.2) is 10.7 Å². The second-order valence-electron chi connectivity index (χ2n) is 2.42. The van der Waals surface area contributed by atoms with Gasteiger partial charge in [-0.2, -0.15) is 0 Å². The van der Waals surface area contributed by atoms with Gasteiger partial charge < -0.3 is 0 Å². The second kappa shape index (κ2) is 4.99. The zero-order chi connectivity index (χ0) is 8.81. The van der Waals surface area contributed by atoms with Gasteiger partial charge in [0.25, 0.3) is 0 Å². The predicted octanol–water partition coefficient (Wildman–Crippen LogP) is 2.92. The van der Waals surface area contributed by atoms with Gasteiger partial charge >= 0.3 is 0 Å². The minimum atomic E-state index is 0.935. The van der Waals surface area contributed by atoms with Crippen molar-refractivity contribution in [2.75, 3.05) is 5.75 Å². The molecule has 0 unspecified atom stereocenters. The normalized spacial score (nSPS) is 9.75. The molecule has 1 rings (SSSR count). The van der Waals surface area contributed by atoms with Crippen molar-refractivity contribution >= 4 is 11.8 Å². The molecule has 0 spiro atoms. The van der Waals surface area contributed by atoms with Crippen LogP contribution in [0.3, 0.4) is 0 Å². The van der Waals surface area contributed by atoms with Gasteiger partial charge in [0.1, 0.15) is 0 Å². The van der Waals surface area contributed by atoms with E-state index in [0.717, 1.165) is 17.2 Å². The SMILES string of the molecule is C=CCSc1ncccc1CC. The molecular weight excluding hydrogens is 166 g/mol. The van der Waals surface area contributed by atoms with E-state index in [4.69, 9.17) is 0 Å². The summed E-state index contributed by atoms with van der Waals surface area (Å²) < 4.78 is 0. The maximum Gasteiger partial charge on any atom is 0.0994 e. The van der Waals surface area contributed by atoms with Gasteiger partial charge in [-0.15, -0.1) is 18.3 Å². The number of nitrogens with zero attached hydrogens (tertiary/aromatic N) is 1. The highest BCUT2D eigenvalue weighted by molar-refractivity contribution is 7.99. The van der Waals surface area contributed by atoms with Crippen LogP contribution in [0.2, 0.25) is 0 Å². The van der Waals surface area contributed by atoms with Crippen molar-refractivity contribution in [1.29, 1.82) is 0 Å². The molecule has 2 heteroatoms. The van der Waals surface area contributed by atoms with Crippen LogP contribution in [0.1, 0.15) is 12.5 Å². The highest BCUT2D eigenvalue weighted by Gasteiger charge is 1.99. The fraction of sp³-hybridized carbons (Fsp3) is 0.300. The molecular formula is C10H13NS. The molecule has 0 saturated carbocycles. The van der Waals surface area contributed by atoms with E-state index in [9.17, 15) is 0 Å². The Hall–Kier alpha value is -0.760. The molecule has 0 aliphatic heterocycles. The Morgan fingerprint density at radius 3 is 3.17 bits per heavy atom. The third kappa shape index (κ3) is 2.38. The second-order valence-corrected chi connectivity index (χ2v) is 3.43. The van der Waals surface area contributed by atoms with Crippen LogP contribution in [0.25, 0.3) is 0 Å². The first kappa shape index (κ1) is 9.33. The van der Waals surface area contributed by atoms with Crippen molar-refractivity contribution < 1.29 is 0 Å². The zero-order valence-electron chi connectivity index (χ0n) is 7.29. The minimum absolute atomic E-state index is 0.935. The minimum Gasteiger partial charge on any atom is -0.250 e. The van der Waals surface area contributed by atoms with Gasteiger partial charge in [0, 0.05) is 11.9 Å². The molecule has 0 bridgehead atoms. The molecule has 64 valence electrons. The van der Waals surface area contributed by atoms with Crippen LogP contribution in [0.4, 0.5) is 0 Å². The predicted molar refractivity (Wildman–Crippen MR) is 54.5 cm³/mol. The maximum absolute atomic E-state index is 4.30. The summed E-state index contributed by atoms with van der Waals surface area (Å²) in [6.07, 6.45) is 4.79. The van der Waals surface area contributed by atoms with Crippen molar-refractivity contribution in [1.82, 2.24) is 4.98 Å². The van der Waals surface area contributed by atoms with E-state index in [1.807, 2.05) is 18.3 Å². The first-order chi connectivity index (χ1) is 5.88. The standard InChI is InChI=1S/C10H13NS/c1-3-8-12-10-9(4-2)6-5-7-11-10/h3,5-7H,1,4,8H2,2H3. The molecule has 0 atom stereocenters. The summed E-state index contributed by atoms with van der Waals surface area (Å²) >= 11 is 1.74. The number of hydrogen-bond acceptors (Lipinski definition) is 2. The van der Waals surface area contributed by atoms with E-state index < -0.39 is 0 Å². The van der Waals surface area contributed by atoms with Gasteiger partial charge in [-0.3, -0.25) is 0 Å². The first-order valence-electron chi connectivity index (χ1n) is 4.06. The lowest BCUT2D eigenvalue weighted by Crippen LogP contribution is -1.88. The lowest BCUT2D eigenvalue weighted by molar-refractivity contribution is 0.995. The van der Waals surface area contributed by atoms with Crippen LogP contribution in [-0.2, 0) is 6.42 Å². The number of pyridine rings is 1. The smallest absolute Gasteiger partial charge is 0.0994 e. The van der Waals surface area contributed by atoms with Crippen LogP contribution >= 0.6 is 11.8 Å². The molecule has 0 fully saturated rings. The highest BCUT2D eigenvalue weighted by Crippen LogP contribution is 2.19. The summed E-state index contributed by atoms with van der Waals surface area (Å²) in [6, 6.07) is 4.11. The van der Waals surface area contributed by atoms with E-state index in [2.05, 4.69) is 24.6 Å². The van der Waals surface area contributed by atoms with E-state index in [1.165, 1.54) is 5.56 Å². The summed E-state index contributed by atoms with van der Waals surface area (Å²) in [5.41, 5.74) is 1.32. The summed E-state index contributed by atoms with van der Waals surface area (Å²) in [5, 5.41) is 1.14. The Labute approximate surface area is 77.9 Å². The van der Waals surface area contributed by atoms with E-state index in [0.29, 0.717) is 0 Å². The molecule has 0 aromatic carbocycles. The monoisotopic (exact) mass is 179 g/mol. The number of thioether (sulfide) groups is 1. The molecule has 1 aromatic rings. The Morgan fingerprint density at radius 1 is 1.67 bits per heavy atom. The van der Waals surface area contributed by atoms with Crippen LogP contribution in [0.5, 0.6) is 0 Å². The number of rotatable bonds is 4. The van der Waals surface area contributed by atoms with Gasteiger partial charge in [-0.05, 0) is 18.1 Å². The third-order valence-electron chi connectivity index (χ3n) is 1.57. The Morgan fingerprint density at radius 2 is 2.50 bits per heavy atom. The van der Waals surface area contributed by atoms with Crippen LogP contribution in [0, 0.1) is 0 Å². The molecule has 1 aromatic heterocycles. The molecule has 0 amide bonds. The topological polar surface area (TPSA) is 12.9 Å². The molecule has 0 saturated heterocycles. The average molecular weight is 179 g/mol. The number of hydrogen-bond donors (Lipinski definition) is 0. The quantitative estimate of drug-likeness (QED) is 0.520. The van der Waals surface area contributed by atoms with Crippen molar-refractivity contribution in [2.45, 2.75) is 18.4 Å². The highest BCUT2D eigenvalue weighted by atomic mass is 32.2. The molecule has 0 N–H and O–H groups in total. The molecule has 12 heavy (non-hydrogen) atoms. The Balaban J connectivity index is 2.74. The van der Waals surface area contributed by atoms with Gasteiger partial charge in [0.15, 0.2) is 0 Å². The summed E-state index contributed by atoms with van der Waals surface area (Å²) in [6.45, 7) is 5.83. The number of aromatic nitrogens is 1. The molecule has 0 aliphatic rings. The molecule has 0 radical (unpaired) electrons. The third-order valence-corrected chi connectivity index (χ3v) is 2.61. The average Bonchev–Trinajstić information content (AvgIpc) is 2.15. The van der Waals surface area contributed by atoms with Gasteiger partial charge in [0.05, 0.1) is 5.03 Å². The van der Waals surface area contributed by atoms with Crippen molar-refractivity contribution in [3.63, 3.8) is 0 Å². The summed E-state index contributed by atoms with van der Waals surface area (Å²) in [5.74, 6) is 0.935. The summed E-state index contributed by atoms with van der Waals surface area (Å²) in [7, 11) is 0. The van der Waals surface area contributed by atoms with Crippen molar-refractivity contribution in [3.05, 3.63) is 36.5 Å².